The number of hydrogen-bond acceptors (Lipinski definition) is 3. The molecule has 0 saturated carbocycles. The first kappa shape index (κ1) is 20.6. The minimum atomic E-state index is 0.0183. The highest BCUT2D eigenvalue weighted by atomic mass is 16.2. The Morgan fingerprint density at radius 1 is 1.07 bits per heavy atom. The van der Waals surface area contributed by atoms with Crippen LogP contribution in [0.25, 0.3) is 0 Å². The maximum Gasteiger partial charge on any atom is 0.254 e. The number of hydrogen-bond donors (Lipinski definition) is 1. The number of benzene rings is 2. The summed E-state index contributed by atoms with van der Waals surface area (Å²) in [7, 11) is 0. The van der Waals surface area contributed by atoms with Gasteiger partial charge in [-0.2, -0.15) is 0 Å². The molecule has 0 aliphatic carbocycles. The van der Waals surface area contributed by atoms with Crippen molar-refractivity contribution in [1.82, 2.24) is 15.1 Å². The van der Waals surface area contributed by atoms with E-state index in [0.29, 0.717) is 25.2 Å². The summed E-state index contributed by atoms with van der Waals surface area (Å²) in [5, 5.41) is 3.46. The standard InChI is InChI=1S/C25H31N3O2/c1-3-27(4-2)23(29)20-9-7-8-19(16-20)17-28-18-25(12-14-26-15-13-25)22-11-6-5-10-21(22)24(28)30/h5-11,16,26H,3-4,12-15,17-18H2,1-2H3. The van der Waals surface area contributed by atoms with E-state index < -0.39 is 0 Å². The Balaban J connectivity index is 1.62. The molecule has 0 bridgehead atoms. The van der Waals surface area contributed by atoms with E-state index in [2.05, 4.69) is 11.4 Å². The van der Waals surface area contributed by atoms with Crippen LogP contribution in [0.2, 0.25) is 0 Å². The number of amides is 2. The molecule has 2 aliphatic heterocycles. The summed E-state index contributed by atoms with van der Waals surface area (Å²) in [6.07, 6.45) is 2.07. The van der Waals surface area contributed by atoms with Crippen LogP contribution in [-0.4, -0.2) is 54.3 Å². The lowest BCUT2D eigenvalue weighted by molar-refractivity contribution is 0.0626. The highest BCUT2D eigenvalue weighted by molar-refractivity contribution is 5.97. The molecule has 1 saturated heterocycles. The van der Waals surface area contributed by atoms with Gasteiger partial charge in [-0.25, -0.2) is 0 Å². The fourth-order valence-corrected chi connectivity index (χ4v) is 5.00. The van der Waals surface area contributed by atoms with Gasteiger partial charge in [0.15, 0.2) is 0 Å². The molecule has 2 amide bonds. The van der Waals surface area contributed by atoms with Crippen molar-refractivity contribution < 1.29 is 9.59 Å². The predicted octanol–water partition coefficient (Wildman–Crippen LogP) is 3.45. The Morgan fingerprint density at radius 3 is 2.53 bits per heavy atom. The average Bonchev–Trinajstić information content (AvgIpc) is 2.79. The summed E-state index contributed by atoms with van der Waals surface area (Å²) in [5.41, 5.74) is 3.76. The van der Waals surface area contributed by atoms with Crippen molar-refractivity contribution in [3.05, 3.63) is 70.8 Å². The highest BCUT2D eigenvalue weighted by Gasteiger charge is 2.43. The molecule has 1 spiro atoms. The summed E-state index contributed by atoms with van der Waals surface area (Å²) in [6, 6.07) is 15.9. The molecular formula is C25H31N3O2. The zero-order valence-electron chi connectivity index (χ0n) is 18.0. The van der Waals surface area contributed by atoms with Crippen LogP contribution in [0.3, 0.4) is 0 Å². The lowest BCUT2D eigenvalue weighted by Gasteiger charge is -2.46. The Hall–Kier alpha value is -2.66. The van der Waals surface area contributed by atoms with Crippen LogP contribution in [0.5, 0.6) is 0 Å². The van der Waals surface area contributed by atoms with Gasteiger partial charge in [0, 0.05) is 42.7 Å². The first-order valence-electron chi connectivity index (χ1n) is 11.1. The molecular weight excluding hydrogens is 374 g/mol. The largest absolute Gasteiger partial charge is 0.339 e. The first-order valence-corrected chi connectivity index (χ1v) is 11.1. The number of carbonyl (C=O) groups excluding carboxylic acids is 2. The molecule has 5 nitrogen and oxygen atoms in total. The fraction of sp³-hybridized carbons (Fsp3) is 0.440. The van der Waals surface area contributed by atoms with Crippen LogP contribution in [0, 0.1) is 0 Å². The van der Waals surface area contributed by atoms with Crippen LogP contribution in [0.4, 0.5) is 0 Å². The molecule has 5 heteroatoms. The van der Waals surface area contributed by atoms with E-state index >= 15 is 0 Å². The van der Waals surface area contributed by atoms with E-state index in [0.717, 1.165) is 43.6 Å². The highest BCUT2D eigenvalue weighted by Crippen LogP contribution is 2.40. The minimum Gasteiger partial charge on any atom is -0.339 e. The van der Waals surface area contributed by atoms with Gasteiger partial charge < -0.3 is 15.1 Å². The van der Waals surface area contributed by atoms with Crippen LogP contribution < -0.4 is 5.32 Å². The van der Waals surface area contributed by atoms with Gasteiger partial charge in [0.05, 0.1) is 0 Å². The molecule has 30 heavy (non-hydrogen) atoms. The van der Waals surface area contributed by atoms with E-state index in [1.807, 2.05) is 66.1 Å². The van der Waals surface area contributed by atoms with Crippen molar-refractivity contribution in [2.75, 3.05) is 32.7 Å². The summed E-state index contributed by atoms with van der Waals surface area (Å²) in [4.78, 5) is 29.9. The normalized spacial score (nSPS) is 17.7. The SMILES string of the molecule is CCN(CC)C(=O)c1cccc(CN2CC3(CCNCC3)c3ccccc3C2=O)c1. The second-order valence-corrected chi connectivity index (χ2v) is 8.41. The molecule has 2 aromatic carbocycles. The third-order valence-corrected chi connectivity index (χ3v) is 6.67. The Bertz CT molecular complexity index is 929. The Labute approximate surface area is 179 Å². The summed E-state index contributed by atoms with van der Waals surface area (Å²) >= 11 is 0. The number of carbonyl (C=O) groups is 2. The summed E-state index contributed by atoms with van der Waals surface area (Å²) in [5.74, 6) is 0.141. The lowest BCUT2D eigenvalue weighted by Crippen LogP contribution is -2.53. The van der Waals surface area contributed by atoms with Crippen molar-refractivity contribution >= 4 is 11.8 Å². The van der Waals surface area contributed by atoms with Crippen molar-refractivity contribution in [3.63, 3.8) is 0 Å². The van der Waals surface area contributed by atoms with Crippen LogP contribution in [-0.2, 0) is 12.0 Å². The zero-order valence-corrected chi connectivity index (χ0v) is 18.0. The topological polar surface area (TPSA) is 52.7 Å². The molecule has 4 rings (SSSR count). The van der Waals surface area contributed by atoms with E-state index in [1.165, 1.54) is 5.56 Å². The molecule has 2 heterocycles. The number of nitrogens with zero attached hydrogens (tertiary/aromatic N) is 2. The maximum atomic E-state index is 13.3. The van der Waals surface area contributed by atoms with Crippen LogP contribution in [0.1, 0.15) is 58.5 Å². The van der Waals surface area contributed by atoms with Crippen molar-refractivity contribution in [2.24, 2.45) is 0 Å². The van der Waals surface area contributed by atoms with Crippen molar-refractivity contribution in [3.8, 4) is 0 Å². The number of fused-ring (bicyclic) bond motifs is 2. The molecule has 1 N–H and O–H groups in total. The Kier molecular flexibility index (Phi) is 5.91. The third kappa shape index (κ3) is 3.74. The number of rotatable bonds is 5. The van der Waals surface area contributed by atoms with Gasteiger partial charge in [-0.15, -0.1) is 0 Å². The molecule has 2 aliphatic rings. The molecule has 0 unspecified atom stereocenters. The second-order valence-electron chi connectivity index (χ2n) is 8.41. The van der Waals surface area contributed by atoms with Gasteiger partial charge in [-0.05, 0) is 69.1 Å². The van der Waals surface area contributed by atoms with Crippen LogP contribution >= 0.6 is 0 Å². The third-order valence-electron chi connectivity index (χ3n) is 6.67. The van der Waals surface area contributed by atoms with Gasteiger partial charge >= 0.3 is 0 Å². The smallest absolute Gasteiger partial charge is 0.254 e. The van der Waals surface area contributed by atoms with Gasteiger partial charge in [0.2, 0.25) is 0 Å². The summed E-state index contributed by atoms with van der Waals surface area (Å²) < 4.78 is 0. The fourth-order valence-electron chi connectivity index (χ4n) is 5.00. The van der Waals surface area contributed by atoms with E-state index in [1.54, 1.807) is 0 Å². The molecule has 0 atom stereocenters. The monoisotopic (exact) mass is 405 g/mol. The van der Waals surface area contributed by atoms with Gasteiger partial charge in [0.1, 0.15) is 0 Å². The number of piperidine rings is 1. The first-order chi connectivity index (χ1) is 14.6. The zero-order chi connectivity index (χ0) is 21.1. The quantitative estimate of drug-likeness (QED) is 0.829. The lowest BCUT2D eigenvalue weighted by atomic mass is 9.69. The maximum absolute atomic E-state index is 13.3. The Morgan fingerprint density at radius 2 is 1.80 bits per heavy atom. The predicted molar refractivity (Wildman–Crippen MR) is 119 cm³/mol. The minimum absolute atomic E-state index is 0.0183. The van der Waals surface area contributed by atoms with E-state index in [4.69, 9.17) is 0 Å². The summed E-state index contributed by atoms with van der Waals surface area (Å²) in [6.45, 7) is 8.59. The average molecular weight is 406 g/mol. The van der Waals surface area contributed by atoms with Gasteiger partial charge in [-0.1, -0.05) is 30.3 Å². The van der Waals surface area contributed by atoms with Crippen molar-refractivity contribution in [1.29, 1.82) is 0 Å². The van der Waals surface area contributed by atoms with Crippen molar-refractivity contribution in [2.45, 2.75) is 38.6 Å². The second kappa shape index (κ2) is 8.60. The van der Waals surface area contributed by atoms with Crippen LogP contribution in [0.15, 0.2) is 48.5 Å². The van der Waals surface area contributed by atoms with Gasteiger partial charge in [-0.3, -0.25) is 9.59 Å². The molecule has 1 fully saturated rings. The van der Waals surface area contributed by atoms with E-state index in [9.17, 15) is 9.59 Å². The molecule has 2 aromatic rings. The number of nitrogens with one attached hydrogen (secondary N) is 1. The molecule has 0 aromatic heterocycles. The van der Waals surface area contributed by atoms with Gasteiger partial charge in [0.25, 0.3) is 11.8 Å². The van der Waals surface area contributed by atoms with E-state index in [-0.39, 0.29) is 17.2 Å². The molecule has 0 radical (unpaired) electrons. The molecule has 158 valence electrons.